The second-order valence-corrected chi connectivity index (χ2v) is 4.53. The zero-order chi connectivity index (χ0) is 11.4. The van der Waals surface area contributed by atoms with Crippen LogP contribution in [0.1, 0.15) is 16.9 Å². The summed E-state index contributed by atoms with van der Waals surface area (Å²) >= 11 is 3.55. The lowest BCUT2D eigenvalue weighted by Gasteiger charge is -2.06. The molecule has 0 aliphatic carbocycles. The van der Waals surface area contributed by atoms with E-state index in [0.717, 1.165) is 16.8 Å². The van der Waals surface area contributed by atoms with E-state index in [9.17, 15) is 0 Å². The molecule has 1 aromatic carbocycles. The number of aryl methyl sites for hydroxylation is 1. The molecule has 0 atom stereocenters. The van der Waals surface area contributed by atoms with Crippen LogP contribution in [0, 0.1) is 6.92 Å². The molecule has 3 nitrogen and oxygen atoms in total. The van der Waals surface area contributed by atoms with Gasteiger partial charge in [0.05, 0.1) is 12.7 Å². The molecule has 0 unspecified atom stereocenters. The number of aromatic nitrogens is 1. The van der Waals surface area contributed by atoms with Gasteiger partial charge in [0.1, 0.15) is 5.76 Å². The van der Waals surface area contributed by atoms with Crippen molar-refractivity contribution in [2.24, 2.45) is 0 Å². The number of nitrogens with zero attached hydrogens (tertiary/aromatic N) is 1. The Morgan fingerprint density at radius 2 is 2.19 bits per heavy atom. The first kappa shape index (κ1) is 11.4. The van der Waals surface area contributed by atoms with Crippen molar-refractivity contribution in [1.82, 2.24) is 10.5 Å². The van der Waals surface area contributed by atoms with Gasteiger partial charge in [0.25, 0.3) is 0 Å². The van der Waals surface area contributed by atoms with Crippen molar-refractivity contribution in [2.45, 2.75) is 20.0 Å². The average Bonchev–Trinajstić information content (AvgIpc) is 2.74. The van der Waals surface area contributed by atoms with Gasteiger partial charge in [-0.2, -0.15) is 0 Å². The second kappa shape index (κ2) is 5.27. The molecule has 84 valence electrons. The maximum Gasteiger partial charge on any atom is 0.150 e. The van der Waals surface area contributed by atoms with Gasteiger partial charge in [0, 0.05) is 17.1 Å². The molecule has 4 heteroatoms. The van der Waals surface area contributed by atoms with E-state index in [-0.39, 0.29) is 0 Å². The molecule has 2 rings (SSSR count). The number of halogens is 1. The van der Waals surface area contributed by atoms with Crippen molar-refractivity contribution in [2.75, 3.05) is 0 Å². The molecule has 1 heterocycles. The minimum Gasteiger partial charge on any atom is -0.360 e. The van der Waals surface area contributed by atoms with Crippen molar-refractivity contribution in [3.8, 4) is 0 Å². The summed E-state index contributed by atoms with van der Waals surface area (Å²) in [6.07, 6.45) is 1.65. The zero-order valence-electron chi connectivity index (χ0n) is 9.03. The lowest BCUT2D eigenvalue weighted by molar-refractivity contribution is 0.372. The van der Waals surface area contributed by atoms with E-state index in [1.165, 1.54) is 11.1 Å². The van der Waals surface area contributed by atoms with E-state index in [1.54, 1.807) is 6.20 Å². The standard InChI is InChI=1S/C12H13BrN2O/c1-9-2-3-10(12(13)6-9)7-14-8-11-4-5-15-16-11/h2-6,14H,7-8H2,1H3. The fraction of sp³-hybridized carbons (Fsp3) is 0.250. The fourth-order valence-electron chi connectivity index (χ4n) is 1.45. The maximum atomic E-state index is 5.00. The van der Waals surface area contributed by atoms with E-state index < -0.39 is 0 Å². The molecule has 0 aliphatic heterocycles. The van der Waals surface area contributed by atoms with Gasteiger partial charge in [-0.1, -0.05) is 33.2 Å². The highest BCUT2D eigenvalue weighted by Crippen LogP contribution is 2.18. The summed E-state index contributed by atoms with van der Waals surface area (Å²) < 4.78 is 6.13. The van der Waals surface area contributed by atoms with Crippen LogP contribution in [-0.4, -0.2) is 5.16 Å². The van der Waals surface area contributed by atoms with Crippen LogP contribution in [0.5, 0.6) is 0 Å². The third kappa shape index (κ3) is 2.93. The number of benzene rings is 1. The summed E-state index contributed by atoms with van der Waals surface area (Å²) in [5.41, 5.74) is 2.50. The molecule has 16 heavy (non-hydrogen) atoms. The maximum absolute atomic E-state index is 5.00. The van der Waals surface area contributed by atoms with Gasteiger partial charge in [0.15, 0.2) is 0 Å². The van der Waals surface area contributed by atoms with Crippen molar-refractivity contribution < 1.29 is 4.52 Å². The number of rotatable bonds is 4. The van der Waals surface area contributed by atoms with Crippen LogP contribution in [-0.2, 0) is 13.1 Å². The topological polar surface area (TPSA) is 38.1 Å². The molecule has 0 amide bonds. The average molecular weight is 281 g/mol. The molecule has 0 saturated carbocycles. The van der Waals surface area contributed by atoms with Crippen LogP contribution in [0.15, 0.2) is 39.5 Å². The summed E-state index contributed by atoms with van der Waals surface area (Å²) in [7, 11) is 0. The van der Waals surface area contributed by atoms with Crippen molar-refractivity contribution in [3.05, 3.63) is 51.8 Å². The first-order valence-electron chi connectivity index (χ1n) is 5.11. The molecule has 2 aromatic rings. The SMILES string of the molecule is Cc1ccc(CNCc2ccno2)c(Br)c1. The van der Waals surface area contributed by atoms with Crippen LogP contribution >= 0.6 is 15.9 Å². The smallest absolute Gasteiger partial charge is 0.150 e. The van der Waals surface area contributed by atoms with E-state index in [0.29, 0.717) is 6.54 Å². The van der Waals surface area contributed by atoms with Gasteiger partial charge in [-0.05, 0) is 24.1 Å². The number of hydrogen-bond acceptors (Lipinski definition) is 3. The van der Waals surface area contributed by atoms with Crippen LogP contribution in [0.4, 0.5) is 0 Å². The predicted octanol–water partition coefficient (Wildman–Crippen LogP) is 3.04. The number of nitrogens with one attached hydrogen (secondary N) is 1. The highest BCUT2D eigenvalue weighted by molar-refractivity contribution is 9.10. The van der Waals surface area contributed by atoms with Crippen molar-refractivity contribution >= 4 is 15.9 Å². The largest absolute Gasteiger partial charge is 0.360 e. The zero-order valence-corrected chi connectivity index (χ0v) is 10.6. The van der Waals surface area contributed by atoms with Gasteiger partial charge in [-0.25, -0.2) is 0 Å². The Labute approximate surface area is 103 Å². The lowest BCUT2D eigenvalue weighted by atomic mass is 10.1. The highest BCUT2D eigenvalue weighted by Gasteiger charge is 2.01. The van der Waals surface area contributed by atoms with E-state index in [4.69, 9.17) is 4.52 Å². The summed E-state index contributed by atoms with van der Waals surface area (Å²) in [6.45, 7) is 3.58. The molecule has 1 aromatic heterocycles. The molecule has 0 saturated heterocycles. The molecule has 0 aliphatic rings. The van der Waals surface area contributed by atoms with Crippen molar-refractivity contribution in [3.63, 3.8) is 0 Å². The summed E-state index contributed by atoms with van der Waals surface area (Å²) in [5, 5.41) is 6.95. The fourth-order valence-corrected chi connectivity index (χ4v) is 2.08. The first-order chi connectivity index (χ1) is 7.75. The first-order valence-corrected chi connectivity index (χ1v) is 5.90. The second-order valence-electron chi connectivity index (χ2n) is 3.68. The van der Waals surface area contributed by atoms with Crippen molar-refractivity contribution in [1.29, 1.82) is 0 Å². The van der Waals surface area contributed by atoms with Gasteiger partial charge in [0.2, 0.25) is 0 Å². The Bertz CT molecular complexity index is 454. The molecule has 0 fully saturated rings. The molecule has 0 spiro atoms. The molecule has 0 radical (unpaired) electrons. The van der Waals surface area contributed by atoms with Crippen LogP contribution < -0.4 is 5.32 Å². The summed E-state index contributed by atoms with van der Waals surface area (Å²) in [5.74, 6) is 0.850. The summed E-state index contributed by atoms with van der Waals surface area (Å²) in [6, 6.07) is 8.20. The molecule has 1 N–H and O–H groups in total. The Hall–Kier alpha value is -1.13. The van der Waals surface area contributed by atoms with Gasteiger partial charge < -0.3 is 9.84 Å². The number of hydrogen-bond donors (Lipinski definition) is 1. The van der Waals surface area contributed by atoms with Gasteiger partial charge in [-0.3, -0.25) is 0 Å². The Balaban J connectivity index is 1.90. The minimum absolute atomic E-state index is 0.695. The van der Waals surface area contributed by atoms with E-state index >= 15 is 0 Å². The predicted molar refractivity (Wildman–Crippen MR) is 65.9 cm³/mol. The Kier molecular flexibility index (Phi) is 3.74. The normalized spacial score (nSPS) is 10.6. The monoisotopic (exact) mass is 280 g/mol. The van der Waals surface area contributed by atoms with Crippen LogP contribution in [0.25, 0.3) is 0 Å². The van der Waals surface area contributed by atoms with Gasteiger partial charge >= 0.3 is 0 Å². The van der Waals surface area contributed by atoms with Gasteiger partial charge in [-0.15, -0.1) is 0 Å². The summed E-state index contributed by atoms with van der Waals surface area (Å²) in [4.78, 5) is 0. The minimum atomic E-state index is 0.695. The van der Waals surface area contributed by atoms with Crippen LogP contribution in [0.3, 0.4) is 0 Å². The van der Waals surface area contributed by atoms with E-state index in [1.807, 2.05) is 6.07 Å². The highest BCUT2D eigenvalue weighted by atomic mass is 79.9. The Morgan fingerprint density at radius 1 is 1.31 bits per heavy atom. The molecular weight excluding hydrogens is 268 g/mol. The third-order valence-electron chi connectivity index (χ3n) is 2.31. The molecular formula is C12H13BrN2O. The Morgan fingerprint density at radius 3 is 2.88 bits per heavy atom. The van der Waals surface area contributed by atoms with Crippen LogP contribution in [0.2, 0.25) is 0 Å². The van der Waals surface area contributed by atoms with E-state index in [2.05, 4.69) is 51.5 Å². The molecule has 0 bridgehead atoms. The quantitative estimate of drug-likeness (QED) is 0.936. The lowest BCUT2D eigenvalue weighted by Crippen LogP contribution is -2.12. The third-order valence-corrected chi connectivity index (χ3v) is 3.05.